The van der Waals surface area contributed by atoms with Gasteiger partial charge in [0.15, 0.2) is 16.8 Å². The number of aryl methyl sites for hydroxylation is 1. The third-order valence-corrected chi connectivity index (χ3v) is 7.49. The topological polar surface area (TPSA) is 71.3 Å². The fourth-order valence-corrected chi connectivity index (χ4v) is 5.72. The molecule has 1 aliphatic heterocycles. The Kier molecular flexibility index (Phi) is 5.62. The zero-order chi connectivity index (χ0) is 25.0. The fourth-order valence-electron chi connectivity index (χ4n) is 5.18. The molecule has 0 bridgehead atoms. The maximum Gasteiger partial charge on any atom is 0.198 e. The quantitative estimate of drug-likeness (QED) is 0.290. The summed E-state index contributed by atoms with van der Waals surface area (Å²) in [7, 11) is 0. The summed E-state index contributed by atoms with van der Waals surface area (Å²) in [6.45, 7) is 2.05. The number of allylic oxidation sites excluding steroid dienone is 1. The van der Waals surface area contributed by atoms with E-state index in [9.17, 15) is 9.59 Å². The maximum absolute atomic E-state index is 13.7. The lowest BCUT2D eigenvalue weighted by atomic mass is 9.78. The average Bonchev–Trinajstić information content (AvgIpc) is 3.02. The number of hydrogen-bond acceptors (Lipinski definition) is 5. The highest BCUT2D eigenvalue weighted by Gasteiger charge is 2.37. The Morgan fingerprint density at radius 2 is 1.69 bits per heavy atom. The Hall–Kier alpha value is -3.54. The number of carbonyl (C=O) groups excluding carboxylic acids is 1. The van der Waals surface area contributed by atoms with Crippen LogP contribution in [0.2, 0.25) is 10.0 Å². The summed E-state index contributed by atoms with van der Waals surface area (Å²) in [5.74, 6) is 0.0316. The molecule has 3 aromatic carbocycles. The first-order valence-electron chi connectivity index (χ1n) is 11.7. The summed E-state index contributed by atoms with van der Waals surface area (Å²) in [5.41, 5.74) is 5.62. The molecule has 4 aromatic rings. The van der Waals surface area contributed by atoms with Gasteiger partial charge in [-0.1, -0.05) is 65.2 Å². The summed E-state index contributed by atoms with van der Waals surface area (Å²) < 4.78 is 5.82. The van der Waals surface area contributed by atoms with E-state index in [1.807, 2.05) is 31.2 Å². The summed E-state index contributed by atoms with van der Waals surface area (Å²) >= 11 is 12.5. The minimum Gasteiger partial charge on any atom is -0.462 e. The number of hydrogen-bond donors (Lipinski definition) is 2. The van der Waals surface area contributed by atoms with Crippen LogP contribution in [0.3, 0.4) is 0 Å². The number of nitrogens with one attached hydrogen (secondary N) is 2. The minimum absolute atomic E-state index is 0.0109. The molecular weight excluding hydrogens is 495 g/mol. The van der Waals surface area contributed by atoms with Crippen molar-refractivity contribution in [3.63, 3.8) is 0 Å². The van der Waals surface area contributed by atoms with Crippen molar-refractivity contribution in [2.24, 2.45) is 0 Å². The Morgan fingerprint density at radius 1 is 0.944 bits per heavy atom. The third-order valence-electron chi connectivity index (χ3n) is 6.99. The van der Waals surface area contributed by atoms with E-state index in [1.165, 1.54) is 17.9 Å². The highest BCUT2D eigenvalue weighted by atomic mass is 35.5. The highest BCUT2D eigenvalue weighted by Crippen LogP contribution is 2.44. The predicted molar refractivity (Wildman–Crippen MR) is 144 cm³/mol. The van der Waals surface area contributed by atoms with Gasteiger partial charge in [-0.15, -0.1) is 0 Å². The molecule has 0 saturated heterocycles. The van der Waals surface area contributed by atoms with Crippen LogP contribution < -0.4 is 16.1 Å². The standard InChI is InChI=1S/C29H22Cl2N2O3/c1-15-6-8-16(9-7-15)17-10-24-26(25(34)11-17)27(33-23-5-3-2-4-22(23)32-24)20-14-36-29-19(28(20)35)12-18(30)13-21(29)31/h2-9,12-14,17,27,32-33H,10-11H2,1H3/t17-,27+/m1/s1. The van der Waals surface area contributed by atoms with Gasteiger partial charge in [0.1, 0.15) is 6.26 Å². The normalized spacial score (nSPS) is 19.2. The lowest BCUT2D eigenvalue weighted by molar-refractivity contribution is -0.116. The lowest BCUT2D eigenvalue weighted by Gasteiger charge is -2.29. The molecule has 2 atom stereocenters. The molecule has 7 heteroatoms. The van der Waals surface area contributed by atoms with Crippen molar-refractivity contribution in [1.29, 1.82) is 0 Å². The Morgan fingerprint density at radius 3 is 2.47 bits per heavy atom. The molecule has 5 nitrogen and oxygen atoms in total. The van der Waals surface area contributed by atoms with Crippen LogP contribution in [0, 0.1) is 6.92 Å². The van der Waals surface area contributed by atoms with Gasteiger partial charge in [-0.05, 0) is 49.1 Å². The molecule has 6 rings (SSSR count). The Labute approximate surface area is 217 Å². The summed E-state index contributed by atoms with van der Waals surface area (Å²) in [6.07, 6.45) is 2.40. The molecule has 0 spiro atoms. The molecule has 2 aliphatic rings. The summed E-state index contributed by atoms with van der Waals surface area (Å²) in [6, 6.07) is 18.4. The number of benzene rings is 3. The van der Waals surface area contributed by atoms with E-state index < -0.39 is 6.04 Å². The first kappa shape index (κ1) is 22.9. The van der Waals surface area contributed by atoms with Gasteiger partial charge in [-0.25, -0.2) is 0 Å². The smallest absolute Gasteiger partial charge is 0.198 e. The van der Waals surface area contributed by atoms with Crippen molar-refractivity contribution < 1.29 is 9.21 Å². The SMILES string of the molecule is Cc1ccc([C@H]2CC(=O)C3=C(C2)Nc2ccccc2N[C@H]3c2coc3c(Cl)cc(Cl)cc3c2=O)cc1. The number of Topliss-reactive ketones (excluding diaryl/α,β-unsaturated/α-hetero) is 1. The third kappa shape index (κ3) is 3.89. The molecule has 1 aliphatic carbocycles. The van der Waals surface area contributed by atoms with Crippen LogP contribution in [0.4, 0.5) is 11.4 Å². The number of rotatable bonds is 2. The minimum atomic E-state index is -0.693. The van der Waals surface area contributed by atoms with Gasteiger partial charge in [0.25, 0.3) is 0 Å². The molecule has 0 radical (unpaired) electrons. The predicted octanol–water partition coefficient (Wildman–Crippen LogP) is 7.39. The molecular formula is C29H22Cl2N2O3. The van der Waals surface area contributed by atoms with Crippen molar-refractivity contribution >= 4 is 51.3 Å². The van der Waals surface area contributed by atoms with E-state index >= 15 is 0 Å². The van der Waals surface area contributed by atoms with Gasteiger partial charge in [-0.2, -0.15) is 0 Å². The van der Waals surface area contributed by atoms with E-state index in [0.717, 1.165) is 22.6 Å². The van der Waals surface area contributed by atoms with Crippen LogP contribution in [-0.2, 0) is 4.79 Å². The van der Waals surface area contributed by atoms with Gasteiger partial charge in [0.05, 0.1) is 33.4 Å². The van der Waals surface area contributed by atoms with E-state index in [-0.39, 0.29) is 33.1 Å². The monoisotopic (exact) mass is 516 g/mol. The Bertz CT molecular complexity index is 1620. The van der Waals surface area contributed by atoms with Crippen molar-refractivity contribution in [2.45, 2.75) is 31.7 Å². The zero-order valence-corrected chi connectivity index (χ0v) is 20.9. The molecule has 180 valence electrons. The second kappa shape index (κ2) is 8.84. The molecule has 36 heavy (non-hydrogen) atoms. The number of halogens is 2. The molecule has 0 saturated carbocycles. The number of ketones is 1. The van der Waals surface area contributed by atoms with Gasteiger partial charge in [0.2, 0.25) is 0 Å². The van der Waals surface area contributed by atoms with Gasteiger partial charge < -0.3 is 15.1 Å². The number of carbonyl (C=O) groups is 1. The van der Waals surface area contributed by atoms with Crippen LogP contribution >= 0.6 is 23.2 Å². The van der Waals surface area contributed by atoms with Crippen LogP contribution in [0.25, 0.3) is 11.0 Å². The van der Waals surface area contributed by atoms with Crippen molar-refractivity contribution in [3.05, 3.63) is 115 Å². The van der Waals surface area contributed by atoms with E-state index in [1.54, 1.807) is 6.07 Å². The Balaban J connectivity index is 1.52. The first-order valence-corrected chi connectivity index (χ1v) is 12.5. The van der Waals surface area contributed by atoms with E-state index in [4.69, 9.17) is 27.6 Å². The second-order valence-corrected chi connectivity index (χ2v) is 10.2. The number of anilines is 2. The highest BCUT2D eigenvalue weighted by molar-refractivity contribution is 6.38. The maximum atomic E-state index is 13.7. The van der Waals surface area contributed by atoms with Crippen LogP contribution in [0.1, 0.15) is 41.5 Å². The van der Waals surface area contributed by atoms with Gasteiger partial charge >= 0.3 is 0 Å². The van der Waals surface area contributed by atoms with Crippen LogP contribution in [-0.4, -0.2) is 5.78 Å². The van der Waals surface area contributed by atoms with E-state index in [2.05, 4.69) is 34.9 Å². The van der Waals surface area contributed by atoms with Crippen molar-refractivity contribution in [2.75, 3.05) is 10.6 Å². The molecule has 1 aromatic heterocycles. The largest absolute Gasteiger partial charge is 0.462 e. The van der Waals surface area contributed by atoms with Crippen molar-refractivity contribution in [1.82, 2.24) is 0 Å². The molecule has 2 heterocycles. The van der Waals surface area contributed by atoms with Crippen molar-refractivity contribution in [3.8, 4) is 0 Å². The number of para-hydroxylation sites is 2. The van der Waals surface area contributed by atoms with Gasteiger partial charge in [-0.3, -0.25) is 9.59 Å². The average molecular weight is 517 g/mol. The van der Waals surface area contributed by atoms with E-state index in [0.29, 0.717) is 29.0 Å². The van der Waals surface area contributed by atoms with Crippen LogP contribution in [0.15, 0.2) is 87.4 Å². The fraction of sp³-hybridized carbons (Fsp3) is 0.172. The molecule has 0 fully saturated rings. The summed E-state index contributed by atoms with van der Waals surface area (Å²) in [4.78, 5) is 27.4. The summed E-state index contributed by atoms with van der Waals surface area (Å²) in [5, 5.41) is 7.81. The molecule has 2 N–H and O–H groups in total. The lowest BCUT2D eigenvalue weighted by Crippen LogP contribution is -2.29. The first-order chi connectivity index (χ1) is 17.4. The molecule has 0 amide bonds. The van der Waals surface area contributed by atoms with Gasteiger partial charge in [0, 0.05) is 22.7 Å². The molecule has 0 unspecified atom stereocenters. The second-order valence-electron chi connectivity index (χ2n) is 9.36. The zero-order valence-electron chi connectivity index (χ0n) is 19.4. The number of fused-ring (bicyclic) bond motifs is 2. The van der Waals surface area contributed by atoms with Crippen LogP contribution in [0.5, 0.6) is 0 Å².